The van der Waals surface area contributed by atoms with Gasteiger partial charge in [0, 0.05) is 21.1 Å². The number of anilines is 1. The third-order valence-electron chi connectivity index (χ3n) is 4.28. The highest BCUT2D eigenvalue weighted by Gasteiger charge is 2.27. The molecule has 0 saturated carbocycles. The van der Waals surface area contributed by atoms with Crippen LogP contribution < -0.4 is 5.32 Å². The topological polar surface area (TPSA) is 66.5 Å². The number of nitrogens with one attached hydrogen (secondary N) is 1. The van der Waals surface area contributed by atoms with Crippen LogP contribution >= 0.6 is 50.7 Å². The van der Waals surface area contributed by atoms with E-state index in [1.54, 1.807) is 48.5 Å². The van der Waals surface area contributed by atoms with Crippen LogP contribution in [0.15, 0.2) is 76.1 Å². The van der Waals surface area contributed by atoms with Gasteiger partial charge in [0.1, 0.15) is 0 Å². The monoisotopic (exact) mass is 560 g/mol. The van der Waals surface area contributed by atoms with E-state index in [-0.39, 0.29) is 16.5 Å². The zero-order valence-corrected chi connectivity index (χ0v) is 20.5. The molecule has 3 aromatic carbocycles. The molecule has 5 nitrogen and oxygen atoms in total. The maximum Gasteiger partial charge on any atom is 0.243 e. The molecule has 0 atom stereocenters. The zero-order valence-electron chi connectivity index (χ0n) is 15.9. The van der Waals surface area contributed by atoms with Crippen molar-refractivity contribution in [3.8, 4) is 0 Å². The summed E-state index contributed by atoms with van der Waals surface area (Å²) >= 11 is 21.5. The molecule has 0 bridgehead atoms. The fourth-order valence-electron chi connectivity index (χ4n) is 2.74. The van der Waals surface area contributed by atoms with Crippen LogP contribution in [0.1, 0.15) is 5.56 Å². The van der Waals surface area contributed by atoms with Gasteiger partial charge in [-0.1, -0.05) is 68.9 Å². The van der Waals surface area contributed by atoms with E-state index in [1.165, 1.54) is 18.2 Å². The molecule has 3 aromatic rings. The molecule has 0 heterocycles. The van der Waals surface area contributed by atoms with Crippen molar-refractivity contribution in [2.24, 2.45) is 0 Å². The number of amides is 1. The Labute approximate surface area is 204 Å². The average molecular weight is 563 g/mol. The Morgan fingerprint density at radius 3 is 2.26 bits per heavy atom. The standard InChI is InChI=1S/C21H16BrCl3N2O3S/c22-15-5-8-17(9-6-15)31(29,30)27(12-14-3-1-2-4-18(14)24)13-21(28)26-20-10-7-16(23)11-19(20)25/h1-11H,12-13H2,(H,26,28). The van der Waals surface area contributed by atoms with E-state index >= 15 is 0 Å². The van der Waals surface area contributed by atoms with Crippen LogP contribution in [0.3, 0.4) is 0 Å². The molecule has 0 radical (unpaired) electrons. The predicted molar refractivity (Wildman–Crippen MR) is 128 cm³/mol. The molecule has 1 N–H and O–H groups in total. The van der Waals surface area contributed by atoms with E-state index in [9.17, 15) is 13.2 Å². The second-order valence-electron chi connectivity index (χ2n) is 6.49. The summed E-state index contributed by atoms with van der Waals surface area (Å²) in [6.07, 6.45) is 0. The molecular weight excluding hydrogens is 547 g/mol. The van der Waals surface area contributed by atoms with Gasteiger partial charge in [0.05, 0.1) is 22.2 Å². The molecule has 162 valence electrons. The first-order valence-electron chi connectivity index (χ1n) is 8.91. The van der Waals surface area contributed by atoms with Crippen LogP contribution in [-0.4, -0.2) is 25.2 Å². The highest BCUT2D eigenvalue weighted by atomic mass is 79.9. The summed E-state index contributed by atoms with van der Waals surface area (Å²) in [7, 11) is -4.00. The molecule has 0 aliphatic rings. The smallest absolute Gasteiger partial charge is 0.243 e. The van der Waals surface area contributed by atoms with Gasteiger partial charge in [-0.05, 0) is 54.1 Å². The lowest BCUT2D eigenvalue weighted by Gasteiger charge is -2.22. The Bertz CT molecular complexity index is 1200. The lowest BCUT2D eigenvalue weighted by Crippen LogP contribution is -2.37. The number of hydrogen-bond acceptors (Lipinski definition) is 3. The Kier molecular flexibility index (Phi) is 8.02. The summed E-state index contributed by atoms with van der Waals surface area (Å²) < 4.78 is 28.4. The predicted octanol–water partition coefficient (Wildman–Crippen LogP) is 6.24. The van der Waals surface area contributed by atoms with Crippen molar-refractivity contribution in [3.63, 3.8) is 0 Å². The summed E-state index contributed by atoms with van der Waals surface area (Å²) in [5, 5.41) is 3.69. The van der Waals surface area contributed by atoms with Gasteiger partial charge in [0.15, 0.2) is 0 Å². The fraction of sp³-hybridized carbons (Fsp3) is 0.0952. The third kappa shape index (κ3) is 6.22. The van der Waals surface area contributed by atoms with Crippen LogP contribution in [0.25, 0.3) is 0 Å². The lowest BCUT2D eigenvalue weighted by molar-refractivity contribution is -0.116. The van der Waals surface area contributed by atoms with Crippen molar-refractivity contribution < 1.29 is 13.2 Å². The van der Waals surface area contributed by atoms with Gasteiger partial charge in [0.2, 0.25) is 15.9 Å². The molecule has 0 aliphatic heterocycles. The van der Waals surface area contributed by atoms with Crippen LogP contribution in [-0.2, 0) is 21.4 Å². The number of nitrogens with zero attached hydrogens (tertiary/aromatic N) is 1. The van der Waals surface area contributed by atoms with Crippen molar-refractivity contribution >= 4 is 72.4 Å². The summed E-state index contributed by atoms with van der Waals surface area (Å²) in [5.74, 6) is -0.558. The molecule has 1 amide bonds. The molecule has 0 saturated heterocycles. The van der Waals surface area contributed by atoms with Crippen molar-refractivity contribution in [1.29, 1.82) is 0 Å². The van der Waals surface area contributed by atoms with Crippen LogP contribution in [0.2, 0.25) is 15.1 Å². The van der Waals surface area contributed by atoms with Gasteiger partial charge in [0.25, 0.3) is 0 Å². The zero-order chi connectivity index (χ0) is 22.6. The second kappa shape index (κ2) is 10.3. The number of hydrogen-bond donors (Lipinski definition) is 1. The fourth-order valence-corrected chi connectivity index (χ4v) is 5.03. The third-order valence-corrected chi connectivity index (χ3v) is 7.53. The van der Waals surface area contributed by atoms with Crippen molar-refractivity contribution in [3.05, 3.63) is 91.8 Å². The molecule has 0 unspecified atom stereocenters. The minimum absolute atomic E-state index is 0.0556. The SMILES string of the molecule is O=C(CN(Cc1ccccc1Cl)S(=O)(=O)c1ccc(Br)cc1)Nc1ccc(Cl)cc1Cl. The molecule has 0 aliphatic carbocycles. The molecule has 3 rings (SSSR count). The molecule has 0 aromatic heterocycles. The summed E-state index contributed by atoms with van der Waals surface area (Å²) in [5.41, 5.74) is 0.900. The Morgan fingerprint density at radius 2 is 1.61 bits per heavy atom. The Hall–Kier alpha value is -1.61. The maximum absolute atomic E-state index is 13.3. The number of halogens is 4. The molecule has 10 heteroatoms. The minimum Gasteiger partial charge on any atom is -0.324 e. The van der Waals surface area contributed by atoms with Crippen LogP contribution in [0.4, 0.5) is 5.69 Å². The summed E-state index contributed by atoms with van der Waals surface area (Å²) in [6, 6.07) is 17.6. The summed E-state index contributed by atoms with van der Waals surface area (Å²) in [4.78, 5) is 12.8. The molecule has 0 fully saturated rings. The van der Waals surface area contributed by atoms with Gasteiger partial charge < -0.3 is 5.32 Å². The number of benzene rings is 3. The number of rotatable bonds is 7. The van der Waals surface area contributed by atoms with E-state index in [0.29, 0.717) is 21.3 Å². The van der Waals surface area contributed by atoms with Crippen LogP contribution in [0.5, 0.6) is 0 Å². The van der Waals surface area contributed by atoms with E-state index in [1.807, 2.05) is 0 Å². The first kappa shape index (κ1) is 24.0. The van der Waals surface area contributed by atoms with Crippen LogP contribution in [0, 0.1) is 0 Å². The second-order valence-corrected chi connectivity index (χ2v) is 10.6. The van der Waals surface area contributed by atoms with Gasteiger partial charge in [-0.15, -0.1) is 0 Å². The van der Waals surface area contributed by atoms with Gasteiger partial charge >= 0.3 is 0 Å². The number of carbonyl (C=O) groups is 1. The highest BCUT2D eigenvalue weighted by molar-refractivity contribution is 9.10. The minimum atomic E-state index is -4.00. The number of sulfonamides is 1. The van der Waals surface area contributed by atoms with Gasteiger partial charge in [-0.2, -0.15) is 4.31 Å². The van der Waals surface area contributed by atoms with E-state index < -0.39 is 22.5 Å². The first-order valence-corrected chi connectivity index (χ1v) is 12.3. The first-order chi connectivity index (χ1) is 14.7. The normalized spacial score (nSPS) is 11.5. The van der Waals surface area contributed by atoms with Crippen molar-refractivity contribution in [2.45, 2.75) is 11.4 Å². The lowest BCUT2D eigenvalue weighted by atomic mass is 10.2. The van der Waals surface area contributed by atoms with Gasteiger partial charge in [-0.3, -0.25) is 4.79 Å². The quantitative estimate of drug-likeness (QED) is 0.371. The molecule has 0 spiro atoms. The van der Waals surface area contributed by atoms with Gasteiger partial charge in [-0.25, -0.2) is 8.42 Å². The highest BCUT2D eigenvalue weighted by Crippen LogP contribution is 2.27. The summed E-state index contributed by atoms with van der Waals surface area (Å²) in [6.45, 7) is -0.525. The Morgan fingerprint density at radius 1 is 0.935 bits per heavy atom. The largest absolute Gasteiger partial charge is 0.324 e. The molecule has 31 heavy (non-hydrogen) atoms. The van der Waals surface area contributed by atoms with E-state index in [4.69, 9.17) is 34.8 Å². The Balaban J connectivity index is 1.90. The maximum atomic E-state index is 13.3. The molecular formula is C21H16BrCl3N2O3S. The van der Waals surface area contributed by atoms with E-state index in [2.05, 4.69) is 21.2 Å². The van der Waals surface area contributed by atoms with E-state index in [0.717, 1.165) is 8.78 Å². The van der Waals surface area contributed by atoms with Crippen molar-refractivity contribution in [2.75, 3.05) is 11.9 Å². The average Bonchev–Trinajstić information content (AvgIpc) is 2.71. The van der Waals surface area contributed by atoms with Crippen molar-refractivity contribution in [1.82, 2.24) is 4.31 Å². The number of carbonyl (C=O) groups excluding carboxylic acids is 1.